The topological polar surface area (TPSA) is 90.9 Å². The predicted molar refractivity (Wildman–Crippen MR) is 71.0 cm³/mol. The van der Waals surface area contributed by atoms with Gasteiger partial charge in [-0.25, -0.2) is 9.59 Å². The Morgan fingerprint density at radius 1 is 1.20 bits per heavy atom. The molecule has 0 aromatic heterocycles. The van der Waals surface area contributed by atoms with Crippen LogP contribution in [-0.4, -0.2) is 42.9 Å². The second-order valence-electron chi connectivity index (χ2n) is 5.20. The molecule has 2 atom stereocenters. The van der Waals surface area contributed by atoms with E-state index in [2.05, 4.69) is 10.1 Å². The molecular weight excluding hydrogens is 266 g/mol. The largest absolute Gasteiger partial charge is 0.467 e. The summed E-state index contributed by atoms with van der Waals surface area (Å²) in [7, 11) is 1.19. The van der Waals surface area contributed by atoms with Crippen LogP contribution in [0.15, 0.2) is 0 Å². The first-order chi connectivity index (χ1) is 9.10. The zero-order chi connectivity index (χ0) is 15.9. The third-order valence-corrected chi connectivity index (χ3v) is 2.22. The Kier molecular flexibility index (Phi) is 7.02. The van der Waals surface area contributed by atoms with E-state index in [1.165, 1.54) is 14.0 Å². The van der Waals surface area contributed by atoms with E-state index in [1.54, 1.807) is 27.7 Å². The first kappa shape index (κ1) is 18.2. The molecule has 0 bridgehead atoms. The number of ether oxygens (including phenoxy) is 3. The summed E-state index contributed by atoms with van der Waals surface area (Å²) in [6.45, 7) is 8.04. The number of amides is 1. The van der Waals surface area contributed by atoms with Crippen LogP contribution in [0.4, 0.5) is 4.79 Å². The zero-order valence-electron chi connectivity index (χ0n) is 12.8. The van der Waals surface area contributed by atoms with E-state index in [-0.39, 0.29) is 0 Å². The first-order valence-electron chi connectivity index (χ1n) is 6.35. The van der Waals surface area contributed by atoms with Crippen LogP contribution >= 0.6 is 0 Å². The fraction of sp³-hybridized carbons (Fsp3) is 0.769. The maximum Gasteiger partial charge on any atom is 0.408 e. The molecule has 0 spiro atoms. The fourth-order valence-electron chi connectivity index (χ4n) is 1.47. The van der Waals surface area contributed by atoms with Crippen LogP contribution in [-0.2, 0) is 23.8 Å². The molecule has 1 amide bonds. The summed E-state index contributed by atoms with van der Waals surface area (Å²) in [5.74, 6) is -1.25. The van der Waals surface area contributed by atoms with Crippen molar-refractivity contribution in [2.45, 2.75) is 58.8 Å². The van der Waals surface area contributed by atoms with Gasteiger partial charge in [0.25, 0.3) is 0 Å². The van der Waals surface area contributed by atoms with Crippen molar-refractivity contribution < 1.29 is 28.6 Å². The first-order valence-corrected chi connectivity index (χ1v) is 6.35. The lowest BCUT2D eigenvalue weighted by molar-refractivity contribution is -0.155. The smallest absolute Gasteiger partial charge is 0.408 e. The Balaban J connectivity index is 4.92. The molecular formula is C13H23NO6. The molecule has 0 aliphatic rings. The quantitative estimate of drug-likeness (QED) is 0.607. The van der Waals surface area contributed by atoms with Gasteiger partial charge in [-0.05, 0) is 27.2 Å². The standard InChI is InChI=1S/C13H23NO6/c1-7-9(19-8(2)15)10(11(16)18-6)14-12(17)20-13(3,4)5/h9-10H,7H2,1-6H3,(H,14,17)/t9-,10+/m0/s1. The fourth-order valence-corrected chi connectivity index (χ4v) is 1.47. The molecule has 0 fully saturated rings. The Labute approximate surface area is 118 Å². The molecule has 0 heterocycles. The molecule has 0 unspecified atom stereocenters. The van der Waals surface area contributed by atoms with E-state index in [0.29, 0.717) is 6.42 Å². The van der Waals surface area contributed by atoms with Crippen molar-refractivity contribution in [2.75, 3.05) is 7.11 Å². The average Bonchev–Trinajstić information content (AvgIpc) is 2.29. The summed E-state index contributed by atoms with van der Waals surface area (Å²) in [6, 6.07) is -1.11. The maximum atomic E-state index is 11.7. The van der Waals surface area contributed by atoms with Gasteiger partial charge < -0.3 is 19.5 Å². The summed E-state index contributed by atoms with van der Waals surface area (Å²) in [5.41, 5.74) is -0.700. The van der Waals surface area contributed by atoms with Gasteiger partial charge in [-0.3, -0.25) is 4.79 Å². The summed E-state index contributed by atoms with van der Waals surface area (Å²) in [6.07, 6.45) is -1.25. The number of esters is 2. The maximum absolute atomic E-state index is 11.7. The van der Waals surface area contributed by atoms with Gasteiger partial charge in [-0.2, -0.15) is 0 Å². The van der Waals surface area contributed by atoms with E-state index >= 15 is 0 Å². The molecule has 20 heavy (non-hydrogen) atoms. The normalized spacial score (nSPS) is 13.9. The molecule has 0 aliphatic heterocycles. The van der Waals surface area contributed by atoms with E-state index < -0.39 is 35.8 Å². The predicted octanol–water partition coefficient (Wildman–Crippen LogP) is 1.39. The van der Waals surface area contributed by atoms with Crippen molar-refractivity contribution in [3.8, 4) is 0 Å². The summed E-state index contributed by atoms with van der Waals surface area (Å²) < 4.78 is 14.7. The highest BCUT2D eigenvalue weighted by atomic mass is 16.6. The SMILES string of the molecule is CC[C@H](OC(C)=O)[C@@H](NC(=O)OC(C)(C)C)C(=O)OC. The van der Waals surface area contributed by atoms with Crippen molar-refractivity contribution in [2.24, 2.45) is 0 Å². The number of hydrogen-bond acceptors (Lipinski definition) is 6. The van der Waals surface area contributed by atoms with Crippen LogP contribution in [0.5, 0.6) is 0 Å². The Morgan fingerprint density at radius 2 is 1.75 bits per heavy atom. The third kappa shape index (κ3) is 6.96. The minimum absolute atomic E-state index is 0.342. The number of methoxy groups -OCH3 is 1. The molecule has 7 heteroatoms. The van der Waals surface area contributed by atoms with Crippen LogP contribution in [0.3, 0.4) is 0 Å². The minimum atomic E-state index is -1.11. The number of hydrogen-bond donors (Lipinski definition) is 1. The number of nitrogens with one attached hydrogen (secondary N) is 1. The second-order valence-corrected chi connectivity index (χ2v) is 5.20. The molecule has 0 radical (unpaired) electrons. The van der Waals surface area contributed by atoms with Gasteiger partial charge in [0.05, 0.1) is 7.11 Å². The van der Waals surface area contributed by atoms with Crippen molar-refractivity contribution in [1.29, 1.82) is 0 Å². The molecule has 0 aromatic rings. The summed E-state index contributed by atoms with van der Waals surface area (Å²) in [5, 5.41) is 2.37. The molecule has 0 saturated carbocycles. The second kappa shape index (κ2) is 7.72. The van der Waals surface area contributed by atoms with Crippen LogP contribution in [0.2, 0.25) is 0 Å². The van der Waals surface area contributed by atoms with Gasteiger partial charge >= 0.3 is 18.0 Å². The van der Waals surface area contributed by atoms with Crippen molar-refractivity contribution in [3.63, 3.8) is 0 Å². The number of carbonyl (C=O) groups excluding carboxylic acids is 3. The van der Waals surface area contributed by atoms with Gasteiger partial charge in [0.1, 0.15) is 11.7 Å². The molecule has 0 rings (SSSR count). The highest BCUT2D eigenvalue weighted by Crippen LogP contribution is 2.10. The number of alkyl carbamates (subject to hydrolysis) is 1. The monoisotopic (exact) mass is 289 g/mol. The molecule has 0 aliphatic carbocycles. The molecule has 0 aromatic carbocycles. The van der Waals surface area contributed by atoms with Crippen molar-refractivity contribution >= 4 is 18.0 Å². The molecule has 116 valence electrons. The minimum Gasteiger partial charge on any atom is -0.467 e. The average molecular weight is 289 g/mol. The van der Waals surface area contributed by atoms with Crippen LogP contribution in [0.25, 0.3) is 0 Å². The van der Waals surface area contributed by atoms with Crippen molar-refractivity contribution in [1.82, 2.24) is 5.32 Å². The Bertz CT molecular complexity index is 360. The number of carbonyl (C=O) groups is 3. The van der Waals surface area contributed by atoms with Gasteiger partial charge in [-0.15, -0.1) is 0 Å². The van der Waals surface area contributed by atoms with Crippen molar-refractivity contribution in [3.05, 3.63) is 0 Å². The van der Waals surface area contributed by atoms with E-state index in [1.807, 2.05) is 0 Å². The Morgan fingerprint density at radius 3 is 2.10 bits per heavy atom. The molecule has 7 nitrogen and oxygen atoms in total. The highest BCUT2D eigenvalue weighted by Gasteiger charge is 2.33. The van der Waals surface area contributed by atoms with Gasteiger partial charge in [-0.1, -0.05) is 6.92 Å². The highest BCUT2D eigenvalue weighted by molar-refractivity contribution is 5.82. The number of rotatable bonds is 5. The van der Waals surface area contributed by atoms with E-state index in [4.69, 9.17) is 9.47 Å². The third-order valence-electron chi connectivity index (χ3n) is 2.22. The van der Waals surface area contributed by atoms with Gasteiger partial charge in [0.2, 0.25) is 0 Å². The summed E-state index contributed by atoms with van der Waals surface area (Å²) >= 11 is 0. The van der Waals surface area contributed by atoms with Crippen LogP contribution in [0.1, 0.15) is 41.0 Å². The van der Waals surface area contributed by atoms with E-state index in [9.17, 15) is 14.4 Å². The zero-order valence-corrected chi connectivity index (χ0v) is 12.8. The Hall–Kier alpha value is -1.79. The summed E-state index contributed by atoms with van der Waals surface area (Å²) in [4.78, 5) is 34.4. The molecule has 1 N–H and O–H groups in total. The van der Waals surface area contributed by atoms with Crippen LogP contribution < -0.4 is 5.32 Å². The lowest BCUT2D eigenvalue weighted by Crippen LogP contribution is -2.51. The van der Waals surface area contributed by atoms with Gasteiger partial charge in [0, 0.05) is 6.92 Å². The lowest BCUT2D eigenvalue weighted by Gasteiger charge is -2.26. The van der Waals surface area contributed by atoms with Crippen LogP contribution in [0, 0.1) is 0 Å². The van der Waals surface area contributed by atoms with E-state index in [0.717, 1.165) is 0 Å². The molecule has 0 saturated heterocycles. The van der Waals surface area contributed by atoms with Gasteiger partial charge in [0.15, 0.2) is 6.04 Å². The lowest BCUT2D eigenvalue weighted by atomic mass is 10.1.